The third-order valence-electron chi connectivity index (χ3n) is 3.29. The van der Waals surface area contributed by atoms with Gasteiger partial charge in [0, 0.05) is 37.0 Å². The first-order chi connectivity index (χ1) is 11.3. The van der Waals surface area contributed by atoms with Gasteiger partial charge >= 0.3 is 0 Å². The molecule has 24 heavy (non-hydrogen) atoms. The van der Waals surface area contributed by atoms with Gasteiger partial charge in [-0.05, 0) is 12.1 Å². The van der Waals surface area contributed by atoms with Gasteiger partial charge in [0.05, 0.1) is 9.79 Å². The minimum atomic E-state index is -3.79. The molecule has 0 bridgehead atoms. The van der Waals surface area contributed by atoms with Crippen molar-refractivity contribution in [2.75, 3.05) is 26.2 Å². The molecule has 0 atom stereocenters. The molecule has 0 amide bonds. The highest BCUT2D eigenvalue weighted by atomic mass is 32.2. The van der Waals surface area contributed by atoms with Crippen LogP contribution in [-0.4, -0.2) is 43.0 Å². The van der Waals surface area contributed by atoms with Crippen LogP contribution in [0.15, 0.2) is 46.2 Å². The van der Waals surface area contributed by atoms with E-state index in [2.05, 4.69) is 9.44 Å². The van der Waals surface area contributed by atoms with Crippen molar-refractivity contribution >= 4 is 30.8 Å². The summed E-state index contributed by atoms with van der Waals surface area (Å²) in [5.41, 5.74) is 10.7. The Labute approximate surface area is 141 Å². The molecular weight excluding hydrogens is 352 g/mol. The summed E-state index contributed by atoms with van der Waals surface area (Å²) < 4.78 is 54.3. The topological polar surface area (TPSA) is 144 Å². The quantitative estimate of drug-likeness (QED) is 0.483. The average molecular weight is 372 g/mol. The van der Waals surface area contributed by atoms with Crippen LogP contribution in [0.1, 0.15) is 0 Å². The Morgan fingerprint density at radius 1 is 0.708 bits per heavy atom. The summed E-state index contributed by atoms with van der Waals surface area (Å²) >= 11 is 0. The third kappa shape index (κ3) is 3.91. The Kier molecular flexibility index (Phi) is 5.91. The Balaban J connectivity index is 2.63. The monoisotopic (exact) mass is 372 g/mol. The Morgan fingerprint density at radius 2 is 1.08 bits per heavy atom. The smallest absolute Gasteiger partial charge is 0.241 e. The molecule has 0 fully saturated rings. The summed E-state index contributed by atoms with van der Waals surface area (Å²) in [5, 5.41) is 0.635. The minimum Gasteiger partial charge on any atom is -0.329 e. The van der Waals surface area contributed by atoms with E-state index in [9.17, 15) is 16.8 Å². The molecule has 6 N–H and O–H groups in total. The Hall–Kier alpha value is -1.56. The number of rotatable bonds is 8. The summed E-state index contributed by atoms with van der Waals surface area (Å²) in [5.74, 6) is 0. The van der Waals surface area contributed by atoms with Crippen LogP contribution in [0, 0.1) is 0 Å². The fraction of sp³-hybridized carbons (Fsp3) is 0.286. The van der Waals surface area contributed by atoms with Crippen LogP contribution in [0.2, 0.25) is 0 Å². The number of hydrogen-bond acceptors (Lipinski definition) is 6. The van der Waals surface area contributed by atoms with Crippen molar-refractivity contribution in [3.05, 3.63) is 36.4 Å². The molecule has 0 aliphatic rings. The maximum atomic E-state index is 12.4. The summed E-state index contributed by atoms with van der Waals surface area (Å²) in [6.45, 7) is 0.503. The van der Waals surface area contributed by atoms with Crippen molar-refractivity contribution in [1.82, 2.24) is 9.44 Å². The van der Waals surface area contributed by atoms with E-state index in [-0.39, 0.29) is 36.0 Å². The highest BCUT2D eigenvalue weighted by Crippen LogP contribution is 2.28. The molecule has 0 aliphatic heterocycles. The third-order valence-corrected chi connectivity index (χ3v) is 6.33. The van der Waals surface area contributed by atoms with Gasteiger partial charge in [-0.15, -0.1) is 0 Å². The Bertz CT molecular complexity index is 850. The van der Waals surface area contributed by atoms with E-state index in [0.29, 0.717) is 10.8 Å². The van der Waals surface area contributed by atoms with Gasteiger partial charge in [-0.2, -0.15) is 0 Å². The normalized spacial score (nSPS) is 12.6. The van der Waals surface area contributed by atoms with Gasteiger partial charge in [0.15, 0.2) is 0 Å². The molecule has 2 rings (SSSR count). The maximum Gasteiger partial charge on any atom is 0.241 e. The fourth-order valence-electron chi connectivity index (χ4n) is 2.26. The second-order valence-electron chi connectivity index (χ2n) is 4.98. The van der Waals surface area contributed by atoms with Crippen LogP contribution < -0.4 is 20.9 Å². The molecule has 0 saturated carbocycles. The summed E-state index contributed by atoms with van der Waals surface area (Å²) in [4.78, 5) is 0.00801. The summed E-state index contributed by atoms with van der Waals surface area (Å²) in [7, 11) is -7.59. The van der Waals surface area contributed by atoms with E-state index in [1.54, 1.807) is 12.1 Å². The molecule has 0 saturated heterocycles. The van der Waals surface area contributed by atoms with Crippen molar-refractivity contribution in [2.45, 2.75) is 9.79 Å². The van der Waals surface area contributed by atoms with Crippen LogP contribution in [0.4, 0.5) is 0 Å². The van der Waals surface area contributed by atoms with Crippen molar-refractivity contribution in [3.63, 3.8) is 0 Å². The zero-order valence-electron chi connectivity index (χ0n) is 12.9. The van der Waals surface area contributed by atoms with Crippen LogP contribution in [-0.2, 0) is 20.0 Å². The van der Waals surface area contributed by atoms with Gasteiger partial charge < -0.3 is 11.5 Å². The lowest BCUT2D eigenvalue weighted by Crippen LogP contribution is -2.30. The number of sulfonamides is 2. The van der Waals surface area contributed by atoms with Crippen LogP contribution in [0.3, 0.4) is 0 Å². The summed E-state index contributed by atoms with van der Waals surface area (Å²) in [6, 6.07) is 8.97. The molecular formula is C14H20N4O4S2. The number of nitrogens with one attached hydrogen (secondary N) is 2. The molecule has 8 nitrogen and oxygen atoms in total. The molecule has 0 spiro atoms. The minimum absolute atomic E-state index is 0.00400. The lowest BCUT2D eigenvalue weighted by Gasteiger charge is -2.12. The zero-order chi connectivity index (χ0) is 17.8. The van der Waals surface area contributed by atoms with E-state index in [1.165, 1.54) is 24.3 Å². The van der Waals surface area contributed by atoms with E-state index in [4.69, 9.17) is 11.5 Å². The number of fused-ring (bicyclic) bond motifs is 1. The van der Waals surface area contributed by atoms with Gasteiger partial charge in [-0.1, -0.05) is 24.3 Å². The highest BCUT2D eigenvalue weighted by molar-refractivity contribution is 7.90. The first-order valence-electron chi connectivity index (χ1n) is 7.24. The highest BCUT2D eigenvalue weighted by Gasteiger charge is 2.21. The lowest BCUT2D eigenvalue weighted by molar-refractivity contribution is 0.580. The fourth-order valence-corrected chi connectivity index (χ4v) is 4.80. The molecule has 0 radical (unpaired) electrons. The van der Waals surface area contributed by atoms with Gasteiger partial charge in [-0.25, -0.2) is 26.3 Å². The van der Waals surface area contributed by atoms with Crippen molar-refractivity contribution < 1.29 is 16.8 Å². The van der Waals surface area contributed by atoms with Gasteiger partial charge in [0.2, 0.25) is 20.0 Å². The van der Waals surface area contributed by atoms with Crippen molar-refractivity contribution in [3.8, 4) is 0 Å². The van der Waals surface area contributed by atoms with Gasteiger partial charge in [-0.3, -0.25) is 0 Å². The van der Waals surface area contributed by atoms with E-state index >= 15 is 0 Å². The maximum absolute atomic E-state index is 12.4. The van der Waals surface area contributed by atoms with E-state index < -0.39 is 20.0 Å². The first kappa shape index (κ1) is 18.8. The van der Waals surface area contributed by atoms with Gasteiger partial charge in [0.1, 0.15) is 0 Å². The van der Waals surface area contributed by atoms with Crippen molar-refractivity contribution in [1.29, 1.82) is 0 Å². The second kappa shape index (κ2) is 7.55. The molecule has 0 aliphatic carbocycles. The molecule has 0 unspecified atom stereocenters. The first-order valence-corrected chi connectivity index (χ1v) is 10.2. The molecule has 2 aromatic rings. The number of hydrogen-bond donors (Lipinski definition) is 4. The second-order valence-corrected chi connectivity index (χ2v) is 8.45. The molecule has 10 heteroatoms. The number of benzene rings is 2. The zero-order valence-corrected chi connectivity index (χ0v) is 14.5. The SMILES string of the molecule is NCCNS(=O)(=O)c1cccc2c(S(=O)(=O)NCCN)cccc12. The van der Waals surface area contributed by atoms with Crippen LogP contribution >= 0.6 is 0 Å². The summed E-state index contributed by atoms with van der Waals surface area (Å²) in [6.07, 6.45) is 0. The number of nitrogens with two attached hydrogens (primary N) is 2. The van der Waals surface area contributed by atoms with Gasteiger partial charge in [0.25, 0.3) is 0 Å². The predicted octanol–water partition coefficient (Wildman–Crippen LogP) is -0.686. The average Bonchev–Trinajstić information content (AvgIpc) is 2.57. The standard InChI is InChI=1S/C14H20N4O4S2/c15-7-9-17-23(19,20)13-5-1-3-11-12(13)4-2-6-14(11)24(21,22)18-10-8-16/h1-6,17-18H,7-10,15-16H2. The molecule has 2 aromatic carbocycles. The Morgan fingerprint density at radius 3 is 1.42 bits per heavy atom. The largest absolute Gasteiger partial charge is 0.329 e. The van der Waals surface area contributed by atoms with Crippen molar-refractivity contribution in [2.24, 2.45) is 11.5 Å². The van der Waals surface area contributed by atoms with Crippen LogP contribution in [0.5, 0.6) is 0 Å². The molecule has 0 heterocycles. The van der Waals surface area contributed by atoms with E-state index in [1.807, 2.05) is 0 Å². The predicted molar refractivity (Wildman–Crippen MR) is 92.4 cm³/mol. The lowest BCUT2D eigenvalue weighted by atomic mass is 10.1. The van der Waals surface area contributed by atoms with Crippen LogP contribution in [0.25, 0.3) is 10.8 Å². The molecule has 132 valence electrons. The molecule has 0 aromatic heterocycles. The van der Waals surface area contributed by atoms with E-state index in [0.717, 1.165) is 0 Å².